The summed E-state index contributed by atoms with van der Waals surface area (Å²) < 4.78 is 6.84. The number of nitrogens with one attached hydrogen (secondary N) is 1. The Kier molecular flexibility index (Phi) is 7.11. The van der Waals surface area contributed by atoms with E-state index in [0.717, 1.165) is 31.2 Å². The van der Waals surface area contributed by atoms with E-state index in [1.165, 1.54) is 23.9 Å². The maximum atomic E-state index is 12.8. The fourth-order valence-electron chi connectivity index (χ4n) is 3.48. The zero-order valence-corrected chi connectivity index (χ0v) is 16.2. The van der Waals surface area contributed by atoms with Gasteiger partial charge in [0.15, 0.2) is 12.1 Å². The molecule has 3 rings (SSSR count). The lowest BCUT2D eigenvalue weighted by atomic mass is 10.1. The number of esters is 1. The molecule has 0 spiro atoms. The van der Waals surface area contributed by atoms with Crippen molar-refractivity contribution in [1.29, 1.82) is 0 Å². The minimum absolute atomic E-state index is 0.163. The molecule has 2 atom stereocenters. The maximum Gasteiger partial charge on any atom is 0.332 e. The van der Waals surface area contributed by atoms with E-state index in [1.807, 2.05) is 30.3 Å². The summed E-state index contributed by atoms with van der Waals surface area (Å²) in [6.07, 6.45) is 7.52. The molecule has 1 aromatic carbocycles. The number of aromatic nitrogens is 4. The van der Waals surface area contributed by atoms with E-state index in [0.29, 0.717) is 6.42 Å². The van der Waals surface area contributed by atoms with E-state index in [1.54, 1.807) is 6.92 Å². The number of tetrazole rings is 1. The lowest BCUT2D eigenvalue weighted by Gasteiger charge is -2.22. The van der Waals surface area contributed by atoms with Gasteiger partial charge >= 0.3 is 5.97 Å². The summed E-state index contributed by atoms with van der Waals surface area (Å²) in [5, 5.41) is 14.1. The molecule has 1 aliphatic rings. The summed E-state index contributed by atoms with van der Waals surface area (Å²) in [6, 6.07) is 8.99. The number of hydrogen-bond donors (Lipinski definition) is 1. The van der Waals surface area contributed by atoms with E-state index in [2.05, 4.69) is 20.8 Å². The van der Waals surface area contributed by atoms with Gasteiger partial charge in [0.1, 0.15) is 6.33 Å². The zero-order chi connectivity index (χ0) is 19.8. The first-order valence-corrected chi connectivity index (χ1v) is 9.91. The van der Waals surface area contributed by atoms with Gasteiger partial charge < -0.3 is 10.1 Å². The van der Waals surface area contributed by atoms with Crippen molar-refractivity contribution in [3.05, 3.63) is 42.2 Å². The van der Waals surface area contributed by atoms with Crippen molar-refractivity contribution in [2.75, 3.05) is 0 Å². The molecular formula is C20H27N5O3. The van der Waals surface area contributed by atoms with E-state index in [9.17, 15) is 9.59 Å². The van der Waals surface area contributed by atoms with Crippen LogP contribution >= 0.6 is 0 Å². The van der Waals surface area contributed by atoms with Crippen LogP contribution in [0.5, 0.6) is 0 Å². The molecule has 1 aromatic heterocycles. The smallest absolute Gasteiger partial charge is 0.332 e. The Morgan fingerprint density at radius 3 is 2.54 bits per heavy atom. The Morgan fingerprint density at radius 1 is 1.18 bits per heavy atom. The van der Waals surface area contributed by atoms with Gasteiger partial charge in [0.05, 0.1) is 0 Å². The van der Waals surface area contributed by atoms with Gasteiger partial charge in [0.25, 0.3) is 5.91 Å². The van der Waals surface area contributed by atoms with Crippen molar-refractivity contribution in [1.82, 2.24) is 25.5 Å². The first kappa shape index (κ1) is 20.0. The summed E-state index contributed by atoms with van der Waals surface area (Å²) in [6.45, 7) is 1.60. The quantitative estimate of drug-likeness (QED) is 0.580. The van der Waals surface area contributed by atoms with Crippen LogP contribution in [0.15, 0.2) is 36.7 Å². The van der Waals surface area contributed by atoms with Crippen molar-refractivity contribution in [2.45, 2.75) is 70.1 Å². The van der Waals surface area contributed by atoms with Crippen LogP contribution < -0.4 is 5.32 Å². The number of hydrogen-bond acceptors (Lipinski definition) is 6. The highest BCUT2D eigenvalue weighted by Gasteiger charge is 2.28. The molecule has 0 saturated heterocycles. The molecule has 0 bridgehead atoms. The van der Waals surface area contributed by atoms with Crippen molar-refractivity contribution in [2.24, 2.45) is 0 Å². The Balaban J connectivity index is 1.61. The number of ether oxygens (including phenoxy) is 1. The van der Waals surface area contributed by atoms with Crippen LogP contribution in [0, 0.1) is 0 Å². The van der Waals surface area contributed by atoms with Gasteiger partial charge in [-0.3, -0.25) is 4.79 Å². The van der Waals surface area contributed by atoms with Gasteiger partial charge in [-0.05, 0) is 35.8 Å². The van der Waals surface area contributed by atoms with Gasteiger partial charge in [-0.25, -0.2) is 9.48 Å². The Morgan fingerprint density at radius 2 is 1.89 bits per heavy atom. The Labute approximate surface area is 164 Å². The second-order valence-electron chi connectivity index (χ2n) is 7.27. The van der Waals surface area contributed by atoms with Crippen LogP contribution in [0.2, 0.25) is 0 Å². The van der Waals surface area contributed by atoms with Crippen LogP contribution in [0.3, 0.4) is 0 Å². The molecule has 1 N–H and O–H groups in total. The summed E-state index contributed by atoms with van der Waals surface area (Å²) in [5.41, 5.74) is 0.954. The Hall–Kier alpha value is -2.77. The second kappa shape index (κ2) is 9.96. The molecule has 1 saturated carbocycles. The van der Waals surface area contributed by atoms with Crippen molar-refractivity contribution in [3.63, 3.8) is 0 Å². The summed E-state index contributed by atoms with van der Waals surface area (Å²) in [4.78, 5) is 25.3. The van der Waals surface area contributed by atoms with E-state index >= 15 is 0 Å². The van der Waals surface area contributed by atoms with Gasteiger partial charge in [0, 0.05) is 12.5 Å². The molecule has 8 heteroatoms. The predicted molar refractivity (Wildman–Crippen MR) is 102 cm³/mol. The van der Waals surface area contributed by atoms with Crippen LogP contribution in [-0.4, -0.2) is 44.2 Å². The minimum atomic E-state index is -0.870. The highest BCUT2D eigenvalue weighted by Crippen LogP contribution is 2.18. The fourth-order valence-corrected chi connectivity index (χ4v) is 3.48. The number of amides is 1. The molecule has 150 valence electrons. The number of benzene rings is 1. The number of carbonyl (C=O) groups excluding carboxylic acids is 2. The highest BCUT2D eigenvalue weighted by molar-refractivity contribution is 5.84. The monoisotopic (exact) mass is 385 g/mol. The third-order valence-electron chi connectivity index (χ3n) is 5.09. The highest BCUT2D eigenvalue weighted by atomic mass is 16.5. The van der Waals surface area contributed by atoms with Crippen molar-refractivity contribution >= 4 is 11.9 Å². The summed E-state index contributed by atoms with van der Waals surface area (Å²) >= 11 is 0. The van der Waals surface area contributed by atoms with E-state index < -0.39 is 18.1 Å². The predicted octanol–water partition coefficient (Wildman–Crippen LogP) is 2.23. The molecule has 28 heavy (non-hydrogen) atoms. The molecule has 1 aliphatic carbocycles. The lowest BCUT2D eigenvalue weighted by molar-refractivity contribution is -0.158. The molecular weight excluding hydrogens is 358 g/mol. The average molecular weight is 385 g/mol. The van der Waals surface area contributed by atoms with Gasteiger partial charge in [-0.1, -0.05) is 56.0 Å². The third kappa shape index (κ3) is 5.61. The fraction of sp³-hybridized carbons (Fsp3) is 0.550. The second-order valence-corrected chi connectivity index (χ2v) is 7.27. The van der Waals surface area contributed by atoms with Crippen molar-refractivity contribution in [3.8, 4) is 0 Å². The number of rotatable bonds is 7. The largest absolute Gasteiger partial charge is 0.451 e. The minimum Gasteiger partial charge on any atom is -0.451 e. The van der Waals surface area contributed by atoms with Crippen LogP contribution in [0.1, 0.15) is 57.1 Å². The molecule has 0 unspecified atom stereocenters. The maximum absolute atomic E-state index is 12.8. The van der Waals surface area contributed by atoms with Gasteiger partial charge in [0.2, 0.25) is 0 Å². The molecule has 1 fully saturated rings. The molecule has 0 radical (unpaired) electrons. The molecule has 1 heterocycles. The Bertz CT molecular complexity index is 742. The summed E-state index contributed by atoms with van der Waals surface area (Å²) in [7, 11) is 0. The zero-order valence-electron chi connectivity index (χ0n) is 16.2. The number of carbonyl (C=O) groups is 2. The first-order valence-electron chi connectivity index (χ1n) is 9.91. The molecule has 1 amide bonds. The number of nitrogens with zero attached hydrogens (tertiary/aromatic N) is 4. The van der Waals surface area contributed by atoms with Gasteiger partial charge in [-0.15, -0.1) is 5.10 Å². The van der Waals surface area contributed by atoms with Crippen LogP contribution in [0.4, 0.5) is 0 Å². The first-order chi connectivity index (χ1) is 13.6. The molecule has 0 aliphatic heterocycles. The lowest BCUT2D eigenvalue weighted by Crippen LogP contribution is -2.42. The molecule has 8 nitrogen and oxygen atoms in total. The average Bonchev–Trinajstić information content (AvgIpc) is 3.11. The normalized spacial score (nSPS) is 17.3. The van der Waals surface area contributed by atoms with Crippen LogP contribution in [-0.2, 0) is 20.7 Å². The van der Waals surface area contributed by atoms with Gasteiger partial charge in [-0.2, -0.15) is 0 Å². The summed E-state index contributed by atoms with van der Waals surface area (Å²) in [5.74, 6) is -0.782. The van der Waals surface area contributed by atoms with Crippen molar-refractivity contribution < 1.29 is 14.3 Å². The van der Waals surface area contributed by atoms with Crippen LogP contribution in [0.25, 0.3) is 0 Å². The SMILES string of the molecule is C[C@H](OC(=O)[C@@H](Cc1ccccc1)n1cnnn1)C(=O)NC1CCCCCC1. The topological polar surface area (TPSA) is 99.0 Å². The standard InChI is InChI=1S/C20H27N5O3/c1-15(19(26)22-17-11-7-2-3-8-12-17)28-20(27)18(25-14-21-23-24-25)13-16-9-5-4-6-10-16/h4-6,9-10,14-15,17-18H,2-3,7-8,11-13H2,1H3,(H,22,26)/t15-,18+/m0/s1. The van der Waals surface area contributed by atoms with E-state index in [-0.39, 0.29) is 11.9 Å². The molecule has 2 aromatic rings. The van der Waals surface area contributed by atoms with E-state index in [4.69, 9.17) is 4.74 Å². The third-order valence-corrected chi connectivity index (χ3v) is 5.09.